The zero-order chi connectivity index (χ0) is 16.4. The van der Waals surface area contributed by atoms with E-state index in [0.717, 1.165) is 0 Å². The molecule has 116 valence electrons. The molecule has 0 atom stereocenters. The maximum atomic E-state index is 7.52. The van der Waals surface area contributed by atoms with Crippen LogP contribution in [0.25, 0.3) is 0 Å². The topological polar surface area (TPSA) is 0 Å². The van der Waals surface area contributed by atoms with E-state index >= 15 is 0 Å². The summed E-state index contributed by atoms with van der Waals surface area (Å²) in [7, 11) is -2.52. The Kier molecular flexibility index (Phi) is 4.43. The summed E-state index contributed by atoms with van der Waals surface area (Å²) in [5, 5.41) is 3.80. The lowest BCUT2D eigenvalue weighted by Crippen LogP contribution is -2.64. The van der Waals surface area contributed by atoms with Gasteiger partial charge in [-0.2, -0.15) is 0 Å². The molecule has 0 amide bonds. The molecule has 0 aliphatic carbocycles. The van der Waals surface area contributed by atoms with Gasteiger partial charge in [0.1, 0.15) is 0 Å². The van der Waals surface area contributed by atoms with E-state index in [4.69, 9.17) is 11.1 Å². The molecule has 0 nitrogen and oxygen atoms in total. The van der Waals surface area contributed by atoms with Gasteiger partial charge in [0.25, 0.3) is 0 Å². The van der Waals surface area contributed by atoms with Crippen molar-refractivity contribution in [3.8, 4) is 0 Å². The molecule has 23 heavy (non-hydrogen) atoms. The van der Waals surface area contributed by atoms with Gasteiger partial charge < -0.3 is 0 Å². The van der Waals surface area contributed by atoms with Gasteiger partial charge in [0, 0.05) is 0 Å². The van der Waals surface area contributed by atoms with Crippen LogP contribution >= 0.6 is 11.1 Å². The largest absolute Gasteiger partial charge is 0.248 e. The first-order chi connectivity index (χ1) is 11.0. The average Bonchev–Trinajstić information content (AvgIpc) is 2.55. The van der Waals surface area contributed by atoms with Crippen molar-refractivity contribution in [3.63, 3.8) is 0 Å². The van der Waals surface area contributed by atoms with Crippen LogP contribution in [0.15, 0.2) is 72.8 Å². The first-order valence-corrected chi connectivity index (χ1v) is 10.9. The smallest absolute Gasteiger partial charge is 0.149 e. The summed E-state index contributed by atoms with van der Waals surface area (Å²) in [6.07, 6.45) is 0. The molecule has 0 aliphatic heterocycles. The number of halogens is 1. The highest BCUT2D eigenvalue weighted by molar-refractivity contribution is 7.40. The van der Waals surface area contributed by atoms with E-state index in [1.165, 1.54) is 32.3 Å². The van der Waals surface area contributed by atoms with Gasteiger partial charge in [-0.05, 0) is 47.5 Å². The SMILES string of the molecule is Cc1cc(C)c([Si](Cl)(c2ccccc2)c2ccccc2)c(C)c1. The maximum absolute atomic E-state index is 7.52. The molecule has 3 rings (SSSR count). The van der Waals surface area contributed by atoms with Crippen LogP contribution in [0.5, 0.6) is 0 Å². The molecule has 2 heteroatoms. The van der Waals surface area contributed by atoms with Gasteiger partial charge in [0.15, 0.2) is 0 Å². The van der Waals surface area contributed by atoms with E-state index in [0.29, 0.717) is 0 Å². The molecule has 0 bridgehead atoms. The van der Waals surface area contributed by atoms with Gasteiger partial charge in [-0.15, -0.1) is 11.1 Å². The van der Waals surface area contributed by atoms with E-state index < -0.39 is 7.38 Å². The second-order valence-corrected chi connectivity index (χ2v) is 10.8. The second kappa shape index (κ2) is 6.35. The van der Waals surface area contributed by atoms with Gasteiger partial charge in [-0.1, -0.05) is 78.4 Å². The van der Waals surface area contributed by atoms with Crippen molar-refractivity contribution >= 4 is 34.0 Å². The van der Waals surface area contributed by atoms with Crippen LogP contribution in [0, 0.1) is 20.8 Å². The number of hydrogen-bond acceptors (Lipinski definition) is 0. The summed E-state index contributed by atoms with van der Waals surface area (Å²) < 4.78 is 0. The summed E-state index contributed by atoms with van der Waals surface area (Å²) in [6, 6.07) is 25.6. The van der Waals surface area contributed by atoms with E-state index in [2.05, 4.69) is 93.6 Å². The van der Waals surface area contributed by atoms with E-state index in [9.17, 15) is 0 Å². The Balaban J connectivity index is 2.35. The molecule has 0 unspecified atom stereocenters. The minimum atomic E-state index is -2.52. The van der Waals surface area contributed by atoms with Crippen molar-refractivity contribution in [3.05, 3.63) is 89.5 Å². The maximum Gasteiger partial charge on any atom is 0.248 e. The van der Waals surface area contributed by atoms with Crippen LogP contribution in [0.3, 0.4) is 0 Å². The van der Waals surface area contributed by atoms with Crippen LogP contribution in [-0.2, 0) is 0 Å². The molecule has 3 aromatic carbocycles. The highest BCUT2D eigenvalue weighted by atomic mass is 35.6. The van der Waals surface area contributed by atoms with Crippen molar-refractivity contribution in [2.75, 3.05) is 0 Å². The van der Waals surface area contributed by atoms with Crippen molar-refractivity contribution in [1.82, 2.24) is 0 Å². The number of hydrogen-bond donors (Lipinski definition) is 0. The van der Waals surface area contributed by atoms with E-state index in [1.54, 1.807) is 0 Å². The van der Waals surface area contributed by atoms with Gasteiger partial charge in [-0.25, -0.2) is 0 Å². The molecular formula is C21H21ClSi. The zero-order valence-electron chi connectivity index (χ0n) is 13.8. The van der Waals surface area contributed by atoms with Crippen LogP contribution in [-0.4, -0.2) is 7.38 Å². The van der Waals surface area contributed by atoms with Gasteiger partial charge >= 0.3 is 0 Å². The Morgan fingerprint density at radius 2 is 1.04 bits per heavy atom. The minimum Gasteiger partial charge on any atom is -0.149 e. The normalized spacial score (nSPS) is 11.5. The number of benzene rings is 3. The van der Waals surface area contributed by atoms with Crippen molar-refractivity contribution in [2.45, 2.75) is 20.8 Å². The lowest BCUT2D eigenvalue weighted by molar-refractivity contribution is 1.35. The predicted octanol–water partition coefficient (Wildman–Crippen LogP) is 3.82. The molecule has 0 saturated heterocycles. The van der Waals surface area contributed by atoms with Crippen LogP contribution in [0.1, 0.15) is 16.7 Å². The Morgan fingerprint density at radius 3 is 1.43 bits per heavy atom. The molecule has 0 heterocycles. The Bertz CT molecular complexity index is 747. The molecular weight excluding hydrogens is 316 g/mol. The summed E-state index contributed by atoms with van der Waals surface area (Å²) in [6.45, 7) is 6.52. The third-order valence-corrected chi connectivity index (χ3v) is 9.98. The fourth-order valence-corrected chi connectivity index (χ4v) is 8.61. The minimum absolute atomic E-state index is 1.24. The Morgan fingerprint density at radius 1 is 0.652 bits per heavy atom. The first-order valence-electron chi connectivity index (χ1n) is 7.92. The average molecular weight is 337 g/mol. The lowest BCUT2D eigenvalue weighted by Gasteiger charge is -2.30. The molecule has 0 spiro atoms. The third kappa shape index (κ3) is 2.87. The lowest BCUT2D eigenvalue weighted by atomic mass is 10.1. The van der Waals surface area contributed by atoms with Crippen molar-refractivity contribution in [1.29, 1.82) is 0 Å². The van der Waals surface area contributed by atoms with Crippen LogP contribution < -0.4 is 15.6 Å². The quantitative estimate of drug-likeness (QED) is 0.387. The van der Waals surface area contributed by atoms with Gasteiger partial charge in [0.2, 0.25) is 7.38 Å². The molecule has 3 aromatic rings. The molecule has 0 aliphatic rings. The fourth-order valence-electron chi connectivity index (χ4n) is 3.51. The zero-order valence-corrected chi connectivity index (χ0v) is 15.6. The van der Waals surface area contributed by atoms with Crippen LogP contribution in [0.4, 0.5) is 0 Å². The highest BCUT2D eigenvalue weighted by Crippen LogP contribution is 2.18. The van der Waals surface area contributed by atoms with Gasteiger partial charge in [-0.3, -0.25) is 0 Å². The predicted molar refractivity (Wildman–Crippen MR) is 104 cm³/mol. The first kappa shape index (κ1) is 16.0. The Hall–Kier alpha value is -1.83. The summed E-state index contributed by atoms with van der Waals surface area (Å²) >= 11 is 7.52. The molecule has 0 radical (unpaired) electrons. The second-order valence-electron chi connectivity index (χ2n) is 6.16. The molecule has 0 aromatic heterocycles. The van der Waals surface area contributed by atoms with Crippen molar-refractivity contribution in [2.24, 2.45) is 0 Å². The fraction of sp³-hybridized carbons (Fsp3) is 0.143. The summed E-state index contributed by atoms with van der Waals surface area (Å²) in [5.41, 5.74) is 3.87. The summed E-state index contributed by atoms with van der Waals surface area (Å²) in [5.74, 6) is 0. The highest BCUT2D eigenvalue weighted by Gasteiger charge is 2.39. The third-order valence-electron chi connectivity index (χ3n) is 4.36. The monoisotopic (exact) mass is 336 g/mol. The number of aryl methyl sites for hydroxylation is 3. The van der Waals surface area contributed by atoms with Crippen LogP contribution in [0.2, 0.25) is 0 Å². The molecule has 0 saturated carbocycles. The van der Waals surface area contributed by atoms with Gasteiger partial charge in [0.05, 0.1) is 0 Å². The van der Waals surface area contributed by atoms with Crippen molar-refractivity contribution < 1.29 is 0 Å². The Labute approximate surface area is 144 Å². The molecule has 0 N–H and O–H groups in total. The molecule has 0 fully saturated rings. The van der Waals surface area contributed by atoms with E-state index in [-0.39, 0.29) is 0 Å². The standard InChI is InChI=1S/C21H21ClSi/c1-16-14-17(2)21(18(3)15-16)23(22,19-10-6-4-7-11-19)20-12-8-5-9-13-20/h4-15H,1-3H3. The van der Waals surface area contributed by atoms with E-state index in [1.807, 2.05) is 0 Å². The summed E-state index contributed by atoms with van der Waals surface area (Å²) in [4.78, 5) is 0. The number of rotatable bonds is 3.